The van der Waals surface area contributed by atoms with Crippen molar-refractivity contribution >= 4 is 44.0 Å². The normalized spacial score (nSPS) is 16.8. The lowest BCUT2D eigenvalue weighted by Gasteiger charge is -2.06. The number of halogens is 2. The second-order valence-corrected chi connectivity index (χ2v) is 8.47. The largest absolute Gasteiger partial charge is 0.323 e. The molecular formula is C20H19ClFN3O3S. The summed E-state index contributed by atoms with van der Waals surface area (Å²) in [6, 6.07) is 10.8. The quantitative estimate of drug-likeness (QED) is 0.749. The molecule has 0 radical (unpaired) electrons. The van der Waals surface area contributed by atoms with Crippen LogP contribution in [0.2, 0.25) is 5.02 Å². The van der Waals surface area contributed by atoms with Crippen LogP contribution in [-0.4, -0.2) is 26.7 Å². The molecule has 0 unspecified atom stereocenters. The Morgan fingerprint density at radius 3 is 2.52 bits per heavy atom. The van der Waals surface area contributed by atoms with Crippen molar-refractivity contribution in [2.24, 2.45) is 4.99 Å². The van der Waals surface area contributed by atoms with Crippen molar-refractivity contribution in [3.8, 4) is 0 Å². The van der Waals surface area contributed by atoms with Gasteiger partial charge in [-0.25, -0.2) is 12.8 Å². The third kappa shape index (κ3) is 4.65. The summed E-state index contributed by atoms with van der Waals surface area (Å²) in [6.07, 6.45) is 0.850. The maximum Gasteiger partial charge on any atom is 0.264 e. The summed E-state index contributed by atoms with van der Waals surface area (Å²) in [5.74, 6) is -0.924. The lowest BCUT2D eigenvalue weighted by atomic mass is 10.1. The van der Waals surface area contributed by atoms with Crippen molar-refractivity contribution in [3.05, 3.63) is 70.0 Å². The molecule has 2 N–H and O–H groups in total. The second-order valence-electron chi connectivity index (χ2n) is 6.45. The molecule has 152 valence electrons. The Balaban J connectivity index is 1.80. The summed E-state index contributed by atoms with van der Waals surface area (Å²) in [6.45, 7) is 3.32. The van der Waals surface area contributed by atoms with E-state index in [1.165, 1.54) is 12.1 Å². The number of hydrogen-bond acceptors (Lipinski definition) is 4. The van der Waals surface area contributed by atoms with Crippen molar-refractivity contribution in [3.63, 3.8) is 0 Å². The van der Waals surface area contributed by atoms with Gasteiger partial charge in [0.05, 0.1) is 10.7 Å². The molecule has 1 aliphatic rings. The smallest absolute Gasteiger partial charge is 0.264 e. The van der Waals surface area contributed by atoms with Gasteiger partial charge >= 0.3 is 0 Å². The molecule has 0 spiro atoms. The van der Waals surface area contributed by atoms with Crippen LogP contribution in [0, 0.1) is 5.82 Å². The van der Waals surface area contributed by atoms with Gasteiger partial charge in [-0.2, -0.15) is 0 Å². The summed E-state index contributed by atoms with van der Waals surface area (Å²) < 4.78 is 40.6. The average molecular weight is 436 g/mol. The number of hydrogen-bond donors (Lipinski definition) is 2. The van der Waals surface area contributed by atoms with Crippen LogP contribution in [0.3, 0.4) is 0 Å². The number of rotatable bonds is 5. The molecule has 9 heteroatoms. The highest BCUT2D eigenvalue weighted by molar-refractivity contribution is 8.00. The summed E-state index contributed by atoms with van der Waals surface area (Å²) in [7, 11) is -3.77. The number of sulfonamides is 1. The molecule has 2 aromatic rings. The Labute approximate surface area is 173 Å². The van der Waals surface area contributed by atoms with Crippen LogP contribution in [0.4, 0.5) is 10.1 Å². The van der Waals surface area contributed by atoms with E-state index in [1.54, 1.807) is 19.1 Å². The Morgan fingerprint density at radius 2 is 1.90 bits per heavy atom. The molecule has 0 aromatic heterocycles. The van der Waals surface area contributed by atoms with Gasteiger partial charge in [-0.05, 0) is 42.7 Å². The van der Waals surface area contributed by atoms with Gasteiger partial charge in [0.15, 0.2) is 0 Å². The Morgan fingerprint density at radius 1 is 1.21 bits per heavy atom. The standard InChI is InChI=1S/C20H19ClFN3O3S/c1-3-13-4-6-14(7-5-13)19-12(2)20(25-29(19,27)28)23-11-18(26)24-17-9-8-15(22)10-16(17)21/h4-10H,3,11H2,1-2H3,(H,23,25)(H,24,26). The maximum absolute atomic E-state index is 13.1. The first kappa shape index (κ1) is 21.0. The van der Waals surface area contributed by atoms with E-state index in [1.807, 2.05) is 19.1 Å². The zero-order valence-corrected chi connectivity index (χ0v) is 17.4. The third-order valence-electron chi connectivity index (χ3n) is 4.41. The molecule has 0 bridgehead atoms. The number of anilines is 1. The Hall–Kier alpha value is -2.71. The number of aryl methyl sites for hydroxylation is 1. The van der Waals surface area contributed by atoms with Crippen molar-refractivity contribution in [1.29, 1.82) is 0 Å². The minimum absolute atomic E-state index is 0.0569. The van der Waals surface area contributed by atoms with Gasteiger partial charge in [-0.3, -0.25) is 14.5 Å². The topological polar surface area (TPSA) is 87.6 Å². The van der Waals surface area contributed by atoms with Gasteiger partial charge in [0, 0.05) is 5.57 Å². The highest BCUT2D eigenvalue weighted by atomic mass is 35.5. The zero-order chi connectivity index (χ0) is 21.2. The lowest BCUT2D eigenvalue weighted by molar-refractivity contribution is -0.114. The average Bonchev–Trinajstić information content (AvgIpc) is 2.91. The fourth-order valence-corrected chi connectivity index (χ4v) is 4.64. The molecule has 0 saturated carbocycles. The van der Waals surface area contributed by atoms with Crippen LogP contribution in [0.25, 0.3) is 4.91 Å². The van der Waals surface area contributed by atoms with Crippen LogP contribution in [0.15, 0.2) is 53.0 Å². The SMILES string of the molecule is CCc1ccc(C2=C(C)C(=NCC(=O)Nc3ccc(F)cc3Cl)NS2(=O)=O)cc1. The number of carbonyl (C=O) groups is 1. The number of carbonyl (C=O) groups excluding carboxylic acids is 1. The highest BCUT2D eigenvalue weighted by Gasteiger charge is 2.32. The lowest BCUT2D eigenvalue weighted by Crippen LogP contribution is -2.25. The molecule has 0 aliphatic carbocycles. The first-order chi connectivity index (χ1) is 13.7. The van der Waals surface area contributed by atoms with E-state index in [-0.39, 0.29) is 28.0 Å². The van der Waals surface area contributed by atoms with Crippen molar-refractivity contribution in [1.82, 2.24) is 4.72 Å². The highest BCUT2D eigenvalue weighted by Crippen LogP contribution is 2.30. The van der Waals surface area contributed by atoms with Gasteiger partial charge in [0.2, 0.25) is 5.91 Å². The monoisotopic (exact) mass is 435 g/mol. The van der Waals surface area contributed by atoms with Crippen molar-refractivity contribution in [2.45, 2.75) is 20.3 Å². The molecule has 1 amide bonds. The number of nitrogens with zero attached hydrogens (tertiary/aromatic N) is 1. The molecule has 3 rings (SSSR count). The van der Waals surface area contributed by atoms with E-state index in [0.29, 0.717) is 11.1 Å². The van der Waals surface area contributed by atoms with E-state index in [2.05, 4.69) is 15.0 Å². The van der Waals surface area contributed by atoms with E-state index < -0.39 is 21.7 Å². The predicted octanol–water partition coefficient (Wildman–Crippen LogP) is 3.74. The minimum Gasteiger partial charge on any atom is -0.323 e. The zero-order valence-electron chi connectivity index (χ0n) is 15.8. The predicted molar refractivity (Wildman–Crippen MR) is 113 cm³/mol. The van der Waals surface area contributed by atoms with Gasteiger partial charge in [-0.1, -0.05) is 42.8 Å². The molecule has 29 heavy (non-hydrogen) atoms. The van der Waals surface area contributed by atoms with Crippen molar-refractivity contribution in [2.75, 3.05) is 11.9 Å². The summed E-state index contributed by atoms with van der Waals surface area (Å²) in [5, 5.41) is 2.57. The molecule has 0 atom stereocenters. The molecule has 0 fully saturated rings. The number of nitrogens with one attached hydrogen (secondary N) is 2. The molecule has 2 aromatic carbocycles. The molecule has 1 heterocycles. The van der Waals surface area contributed by atoms with Crippen LogP contribution < -0.4 is 10.0 Å². The first-order valence-electron chi connectivity index (χ1n) is 8.84. The van der Waals surface area contributed by atoms with Gasteiger partial charge in [-0.15, -0.1) is 0 Å². The number of amidine groups is 1. The summed E-state index contributed by atoms with van der Waals surface area (Å²) in [5.41, 5.74) is 2.33. The van der Waals surface area contributed by atoms with Crippen LogP contribution in [0.5, 0.6) is 0 Å². The van der Waals surface area contributed by atoms with Gasteiger partial charge in [0.25, 0.3) is 10.0 Å². The fourth-order valence-electron chi connectivity index (χ4n) is 2.91. The third-order valence-corrected chi connectivity index (χ3v) is 6.26. The minimum atomic E-state index is -3.77. The molecular weight excluding hydrogens is 417 g/mol. The Bertz CT molecular complexity index is 1130. The maximum atomic E-state index is 13.1. The van der Waals surface area contributed by atoms with E-state index in [4.69, 9.17) is 11.6 Å². The number of amides is 1. The Kier molecular flexibility index (Phi) is 6.04. The van der Waals surface area contributed by atoms with E-state index >= 15 is 0 Å². The first-order valence-corrected chi connectivity index (χ1v) is 10.7. The summed E-state index contributed by atoms with van der Waals surface area (Å²) >= 11 is 5.88. The van der Waals surface area contributed by atoms with E-state index in [0.717, 1.165) is 18.1 Å². The van der Waals surface area contributed by atoms with Crippen LogP contribution in [0.1, 0.15) is 25.0 Å². The van der Waals surface area contributed by atoms with Crippen LogP contribution >= 0.6 is 11.6 Å². The molecule has 1 aliphatic heterocycles. The number of benzene rings is 2. The summed E-state index contributed by atoms with van der Waals surface area (Å²) in [4.78, 5) is 16.4. The van der Waals surface area contributed by atoms with Gasteiger partial charge < -0.3 is 5.32 Å². The van der Waals surface area contributed by atoms with Crippen molar-refractivity contribution < 1.29 is 17.6 Å². The van der Waals surface area contributed by atoms with Crippen LogP contribution in [-0.2, 0) is 21.2 Å². The van der Waals surface area contributed by atoms with Gasteiger partial charge in [0.1, 0.15) is 23.1 Å². The molecule has 0 saturated heterocycles. The second kappa shape index (κ2) is 8.34. The fraction of sp³-hybridized carbons (Fsp3) is 0.200. The number of aliphatic imine (C=N–C) groups is 1. The van der Waals surface area contributed by atoms with E-state index in [9.17, 15) is 17.6 Å². The molecule has 6 nitrogen and oxygen atoms in total.